The molecule has 1 amide bonds. The van der Waals surface area contributed by atoms with E-state index in [1.54, 1.807) is 32.9 Å². The normalized spacial score (nSPS) is 10.6. The van der Waals surface area contributed by atoms with E-state index < -0.39 is 11.7 Å². The van der Waals surface area contributed by atoms with E-state index >= 15 is 0 Å². The molecule has 0 radical (unpaired) electrons. The number of carbonyl (C=O) groups excluding carboxylic acids is 1. The smallest absolute Gasteiger partial charge is 0.407 e. The third-order valence-corrected chi connectivity index (χ3v) is 2.38. The Balaban J connectivity index is 2.35. The maximum atomic E-state index is 11.4. The molecule has 5 nitrogen and oxygen atoms in total. The summed E-state index contributed by atoms with van der Waals surface area (Å²) in [5.74, 6) is 0.469. The fraction of sp³-hybridized carbons (Fsp3) is 0.429. The molecule has 0 saturated carbocycles. The molecule has 0 heterocycles. The van der Waals surface area contributed by atoms with Crippen LogP contribution >= 0.6 is 11.6 Å². The first kappa shape index (κ1) is 16.1. The highest BCUT2D eigenvalue weighted by Gasteiger charge is 2.15. The highest BCUT2D eigenvalue weighted by Crippen LogP contribution is 2.24. The van der Waals surface area contributed by atoms with Crippen molar-refractivity contribution in [3.05, 3.63) is 28.8 Å². The molecular weight excluding hydrogens is 280 g/mol. The van der Waals surface area contributed by atoms with Crippen LogP contribution < -0.4 is 10.1 Å². The van der Waals surface area contributed by atoms with Crippen LogP contribution in [0.1, 0.15) is 26.3 Å². The number of nitrogens with zero attached hydrogens (tertiary/aromatic N) is 1. The molecule has 0 aliphatic carbocycles. The lowest BCUT2D eigenvalue weighted by molar-refractivity contribution is 0.0520. The van der Waals surface area contributed by atoms with E-state index in [0.29, 0.717) is 22.9 Å². The molecule has 0 atom stereocenters. The van der Waals surface area contributed by atoms with Crippen LogP contribution in [-0.4, -0.2) is 24.8 Å². The van der Waals surface area contributed by atoms with Crippen molar-refractivity contribution in [2.24, 2.45) is 0 Å². The first-order valence-corrected chi connectivity index (χ1v) is 6.49. The van der Waals surface area contributed by atoms with Gasteiger partial charge in [-0.25, -0.2) is 4.79 Å². The second kappa shape index (κ2) is 7.01. The van der Waals surface area contributed by atoms with Crippen LogP contribution in [0.25, 0.3) is 0 Å². The molecule has 0 unspecified atom stereocenters. The summed E-state index contributed by atoms with van der Waals surface area (Å²) in [4.78, 5) is 11.4. The number of rotatable bonds is 4. The van der Waals surface area contributed by atoms with E-state index in [-0.39, 0.29) is 6.61 Å². The number of alkyl carbamates (subject to hydrolysis) is 1. The Kier molecular flexibility index (Phi) is 5.66. The summed E-state index contributed by atoms with van der Waals surface area (Å²) in [6.07, 6.45) is -0.493. The van der Waals surface area contributed by atoms with Gasteiger partial charge in [-0.2, -0.15) is 5.26 Å². The first-order valence-electron chi connectivity index (χ1n) is 6.11. The van der Waals surface area contributed by atoms with E-state index in [1.165, 1.54) is 6.07 Å². The van der Waals surface area contributed by atoms with Crippen molar-refractivity contribution in [3.8, 4) is 11.8 Å². The van der Waals surface area contributed by atoms with Crippen molar-refractivity contribution in [1.82, 2.24) is 5.32 Å². The molecule has 0 bridgehead atoms. The average Bonchev–Trinajstić information content (AvgIpc) is 2.33. The average molecular weight is 297 g/mol. The number of carbonyl (C=O) groups is 1. The SMILES string of the molecule is CC(C)(C)OC(=O)NCCOc1ccc(C#N)cc1Cl. The van der Waals surface area contributed by atoms with Crippen LogP contribution in [0, 0.1) is 11.3 Å². The zero-order chi connectivity index (χ0) is 15.2. The van der Waals surface area contributed by atoms with Crippen molar-refractivity contribution in [2.75, 3.05) is 13.2 Å². The number of amides is 1. The lowest BCUT2D eigenvalue weighted by Crippen LogP contribution is -2.34. The van der Waals surface area contributed by atoms with Crippen molar-refractivity contribution in [1.29, 1.82) is 5.26 Å². The Morgan fingerprint density at radius 1 is 1.45 bits per heavy atom. The zero-order valence-electron chi connectivity index (χ0n) is 11.7. The van der Waals surface area contributed by atoms with Crippen molar-refractivity contribution >= 4 is 17.7 Å². The van der Waals surface area contributed by atoms with Gasteiger partial charge in [-0.3, -0.25) is 0 Å². The van der Waals surface area contributed by atoms with Gasteiger partial charge in [-0.1, -0.05) is 11.6 Å². The van der Waals surface area contributed by atoms with Gasteiger partial charge < -0.3 is 14.8 Å². The van der Waals surface area contributed by atoms with Gasteiger partial charge >= 0.3 is 6.09 Å². The minimum absolute atomic E-state index is 0.255. The Morgan fingerprint density at radius 2 is 2.15 bits per heavy atom. The van der Waals surface area contributed by atoms with E-state index in [2.05, 4.69) is 5.32 Å². The largest absolute Gasteiger partial charge is 0.490 e. The van der Waals surface area contributed by atoms with E-state index in [1.807, 2.05) is 6.07 Å². The lowest BCUT2D eigenvalue weighted by Gasteiger charge is -2.19. The third kappa shape index (κ3) is 5.81. The highest BCUT2D eigenvalue weighted by atomic mass is 35.5. The molecule has 0 aromatic heterocycles. The molecule has 1 N–H and O–H groups in total. The Bertz CT molecular complexity index is 518. The Morgan fingerprint density at radius 3 is 2.70 bits per heavy atom. The van der Waals surface area contributed by atoms with Gasteiger partial charge in [0, 0.05) is 0 Å². The van der Waals surface area contributed by atoms with E-state index in [4.69, 9.17) is 26.3 Å². The number of benzene rings is 1. The van der Waals surface area contributed by atoms with Crippen molar-refractivity contribution in [2.45, 2.75) is 26.4 Å². The van der Waals surface area contributed by atoms with Gasteiger partial charge in [0.2, 0.25) is 0 Å². The van der Waals surface area contributed by atoms with Crippen LogP contribution in [0.2, 0.25) is 5.02 Å². The van der Waals surface area contributed by atoms with Gasteiger partial charge in [0.1, 0.15) is 18.0 Å². The summed E-state index contributed by atoms with van der Waals surface area (Å²) in [7, 11) is 0. The summed E-state index contributed by atoms with van der Waals surface area (Å²) in [5, 5.41) is 11.6. The predicted octanol–water partition coefficient (Wildman–Crippen LogP) is 3.12. The molecular formula is C14H17ClN2O3. The molecule has 0 spiro atoms. The van der Waals surface area contributed by atoms with Crippen LogP contribution in [0.3, 0.4) is 0 Å². The van der Waals surface area contributed by atoms with Gasteiger partial charge in [0.25, 0.3) is 0 Å². The summed E-state index contributed by atoms with van der Waals surface area (Å²) < 4.78 is 10.5. The van der Waals surface area contributed by atoms with Gasteiger partial charge in [-0.05, 0) is 39.0 Å². The second-order valence-electron chi connectivity index (χ2n) is 5.03. The molecule has 1 rings (SSSR count). The van der Waals surface area contributed by atoms with E-state index in [0.717, 1.165) is 0 Å². The van der Waals surface area contributed by atoms with Crippen molar-refractivity contribution in [3.63, 3.8) is 0 Å². The molecule has 0 aliphatic rings. The van der Waals surface area contributed by atoms with Gasteiger partial charge in [0.05, 0.1) is 23.2 Å². The fourth-order valence-electron chi connectivity index (χ4n) is 1.32. The highest BCUT2D eigenvalue weighted by molar-refractivity contribution is 6.32. The molecule has 0 saturated heterocycles. The lowest BCUT2D eigenvalue weighted by atomic mass is 10.2. The predicted molar refractivity (Wildman–Crippen MR) is 75.9 cm³/mol. The second-order valence-corrected chi connectivity index (χ2v) is 5.44. The summed E-state index contributed by atoms with van der Waals surface area (Å²) >= 11 is 5.95. The summed E-state index contributed by atoms with van der Waals surface area (Å²) in [6, 6.07) is 6.74. The minimum Gasteiger partial charge on any atom is -0.490 e. The maximum absolute atomic E-state index is 11.4. The first-order chi connectivity index (χ1) is 9.31. The number of hydrogen-bond acceptors (Lipinski definition) is 4. The summed E-state index contributed by atoms with van der Waals surface area (Å²) in [5.41, 5.74) is -0.0595. The molecule has 0 aliphatic heterocycles. The molecule has 0 fully saturated rings. The number of hydrogen-bond donors (Lipinski definition) is 1. The number of nitriles is 1. The van der Waals surface area contributed by atoms with Crippen LogP contribution in [-0.2, 0) is 4.74 Å². The molecule has 1 aromatic rings. The summed E-state index contributed by atoms with van der Waals surface area (Å²) in [6.45, 7) is 5.93. The molecule has 6 heteroatoms. The molecule has 20 heavy (non-hydrogen) atoms. The quantitative estimate of drug-likeness (QED) is 0.867. The number of nitrogens with one attached hydrogen (secondary N) is 1. The Labute approximate surface area is 123 Å². The van der Waals surface area contributed by atoms with Crippen LogP contribution in [0.4, 0.5) is 4.79 Å². The molecule has 108 valence electrons. The number of ether oxygens (including phenoxy) is 2. The molecule has 1 aromatic carbocycles. The zero-order valence-corrected chi connectivity index (χ0v) is 12.5. The van der Waals surface area contributed by atoms with Crippen LogP contribution in [0.5, 0.6) is 5.75 Å². The van der Waals surface area contributed by atoms with Crippen molar-refractivity contribution < 1.29 is 14.3 Å². The van der Waals surface area contributed by atoms with Crippen LogP contribution in [0.15, 0.2) is 18.2 Å². The number of halogens is 1. The van der Waals surface area contributed by atoms with E-state index in [9.17, 15) is 4.79 Å². The minimum atomic E-state index is -0.526. The standard InChI is InChI=1S/C14H17ClN2O3/c1-14(2,3)20-13(18)17-6-7-19-12-5-4-10(9-16)8-11(12)15/h4-5,8H,6-7H2,1-3H3,(H,17,18). The Hall–Kier alpha value is -1.93. The monoisotopic (exact) mass is 296 g/mol. The third-order valence-electron chi connectivity index (χ3n) is 2.09. The topological polar surface area (TPSA) is 71.3 Å². The van der Waals surface area contributed by atoms with Gasteiger partial charge in [0.15, 0.2) is 0 Å². The fourth-order valence-corrected chi connectivity index (χ4v) is 1.55. The maximum Gasteiger partial charge on any atom is 0.407 e. The van der Waals surface area contributed by atoms with Gasteiger partial charge in [-0.15, -0.1) is 0 Å².